The van der Waals surface area contributed by atoms with Crippen LogP contribution in [0.4, 0.5) is 0 Å². The van der Waals surface area contributed by atoms with Crippen molar-refractivity contribution in [3.63, 3.8) is 0 Å². The standard InChI is InChI=1S/C14H23ClN2/c1-11(2)17-6-4-5-16-10-13-7-12(3)8-14(15)9-13/h7-9,11,16-17H,4-6,10H2,1-3H3. The van der Waals surface area contributed by atoms with E-state index < -0.39 is 0 Å². The smallest absolute Gasteiger partial charge is 0.0411 e. The number of benzene rings is 1. The Bertz CT molecular complexity index is 317. The summed E-state index contributed by atoms with van der Waals surface area (Å²) in [7, 11) is 0. The van der Waals surface area contributed by atoms with Crippen molar-refractivity contribution in [2.45, 2.75) is 39.8 Å². The van der Waals surface area contributed by atoms with Gasteiger partial charge in [-0.3, -0.25) is 0 Å². The number of nitrogens with one attached hydrogen (secondary N) is 2. The van der Waals surface area contributed by atoms with E-state index in [4.69, 9.17) is 11.6 Å². The average Bonchev–Trinajstić information content (AvgIpc) is 2.21. The summed E-state index contributed by atoms with van der Waals surface area (Å²) >= 11 is 6.01. The molecule has 0 aliphatic carbocycles. The summed E-state index contributed by atoms with van der Waals surface area (Å²) in [6.07, 6.45) is 1.15. The first-order chi connectivity index (χ1) is 8.08. The number of hydrogen-bond donors (Lipinski definition) is 2. The lowest BCUT2D eigenvalue weighted by atomic mass is 10.1. The summed E-state index contributed by atoms with van der Waals surface area (Å²) in [4.78, 5) is 0. The Balaban J connectivity index is 2.18. The van der Waals surface area contributed by atoms with E-state index >= 15 is 0 Å². The minimum absolute atomic E-state index is 0.575. The minimum atomic E-state index is 0.575. The number of hydrogen-bond acceptors (Lipinski definition) is 2. The molecular weight excluding hydrogens is 232 g/mol. The van der Waals surface area contributed by atoms with Crippen molar-refractivity contribution in [3.05, 3.63) is 34.3 Å². The van der Waals surface area contributed by atoms with Gasteiger partial charge >= 0.3 is 0 Å². The first kappa shape index (κ1) is 14.5. The molecule has 96 valence electrons. The van der Waals surface area contributed by atoms with Crippen LogP contribution in [0.1, 0.15) is 31.4 Å². The normalized spacial score (nSPS) is 11.1. The lowest BCUT2D eigenvalue weighted by molar-refractivity contribution is 0.547. The van der Waals surface area contributed by atoms with Gasteiger partial charge in [-0.15, -0.1) is 0 Å². The van der Waals surface area contributed by atoms with Crippen LogP contribution in [0.5, 0.6) is 0 Å². The molecule has 3 heteroatoms. The van der Waals surface area contributed by atoms with Gasteiger partial charge in [0.25, 0.3) is 0 Å². The monoisotopic (exact) mass is 254 g/mol. The lowest BCUT2D eigenvalue weighted by Gasteiger charge is -2.09. The minimum Gasteiger partial charge on any atom is -0.314 e. The molecule has 17 heavy (non-hydrogen) atoms. The second-order valence-corrected chi connectivity index (χ2v) is 5.21. The summed E-state index contributed by atoms with van der Waals surface area (Å²) in [5.74, 6) is 0. The van der Waals surface area contributed by atoms with Gasteiger partial charge < -0.3 is 10.6 Å². The van der Waals surface area contributed by atoms with Crippen molar-refractivity contribution < 1.29 is 0 Å². The highest BCUT2D eigenvalue weighted by molar-refractivity contribution is 6.30. The third-order valence-electron chi connectivity index (χ3n) is 2.51. The SMILES string of the molecule is Cc1cc(Cl)cc(CNCCCNC(C)C)c1. The Labute approximate surface area is 110 Å². The quantitative estimate of drug-likeness (QED) is 0.731. The molecule has 0 unspecified atom stereocenters. The molecule has 0 saturated carbocycles. The number of rotatable bonds is 7. The van der Waals surface area contributed by atoms with Gasteiger partial charge in [-0.1, -0.05) is 31.5 Å². The summed E-state index contributed by atoms with van der Waals surface area (Å²) in [6, 6.07) is 6.75. The van der Waals surface area contributed by atoms with E-state index in [0.717, 1.165) is 31.1 Å². The predicted molar refractivity (Wildman–Crippen MR) is 75.7 cm³/mol. The molecule has 1 rings (SSSR count). The second kappa shape index (κ2) is 7.70. The Morgan fingerprint density at radius 3 is 2.59 bits per heavy atom. The topological polar surface area (TPSA) is 24.1 Å². The van der Waals surface area contributed by atoms with Crippen molar-refractivity contribution in [2.24, 2.45) is 0 Å². The number of aryl methyl sites for hydroxylation is 1. The Kier molecular flexibility index (Phi) is 6.56. The third kappa shape index (κ3) is 6.67. The van der Waals surface area contributed by atoms with E-state index in [9.17, 15) is 0 Å². The molecule has 0 amide bonds. The zero-order valence-corrected chi connectivity index (χ0v) is 11.8. The van der Waals surface area contributed by atoms with Crippen LogP contribution in [0, 0.1) is 6.92 Å². The molecule has 0 aromatic heterocycles. The van der Waals surface area contributed by atoms with Crippen molar-refractivity contribution in [1.82, 2.24) is 10.6 Å². The van der Waals surface area contributed by atoms with E-state index in [0.29, 0.717) is 6.04 Å². The molecule has 0 bridgehead atoms. The molecule has 0 aliphatic rings. The molecule has 1 aromatic rings. The molecule has 1 aromatic carbocycles. The third-order valence-corrected chi connectivity index (χ3v) is 2.73. The molecule has 0 fully saturated rings. The van der Waals surface area contributed by atoms with Crippen LogP contribution in [0.15, 0.2) is 18.2 Å². The van der Waals surface area contributed by atoms with Crippen molar-refractivity contribution >= 4 is 11.6 Å². The van der Waals surface area contributed by atoms with Gasteiger partial charge in [0.2, 0.25) is 0 Å². The Morgan fingerprint density at radius 2 is 1.94 bits per heavy atom. The molecular formula is C14H23ClN2. The maximum absolute atomic E-state index is 6.01. The molecule has 0 aliphatic heterocycles. The molecule has 0 radical (unpaired) electrons. The molecule has 0 atom stereocenters. The largest absolute Gasteiger partial charge is 0.314 e. The van der Waals surface area contributed by atoms with Crippen LogP contribution in [-0.2, 0) is 6.54 Å². The highest BCUT2D eigenvalue weighted by atomic mass is 35.5. The van der Waals surface area contributed by atoms with Crippen LogP contribution in [0.25, 0.3) is 0 Å². The van der Waals surface area contributed by atoms with Gasteiger partial charge in [-0.25, -0.2) is 0 Å². The van der Waals surface area contributed by atoms with Gasteiger partial charge in [0.05, 0.1) is 0 Å². The van der Waals surface area contributed by atoms with Crippen LogP contribution in [-0.4, -0.2) is 19.1 Å². The maximum atomic E-state index is 6.01. The van der Waals surface area contributed by atoms with Gasteiger partial charge in [0, 0.05) is 17.6 Å². The second-order valence-electron chi connectivity index (χ2n) is 4.78. The Hall–Kier alpha value is -0.570. The fourth-order valence-electron chi connectivity index (χ4n) is 1.75. The van der Waals surface area contributed by atoms with Crippen LogP contribution >= 0.6 is 11.6 Å². The molecule has 2 nitrogen and oxygen atoms in total. The van der Waals surface area contributed by atoms with Gasteiger partial charge in [0.15, 0.2) is 0 Å². The lowest BCUT2D eigenvalue weighted by Crippen LogP contribution is -2.26. The molecule has 0 heterocycles. The summed E-state index contributed by atoms with van der Waals surface area (Å²) in [5, 5.41) is 7.65. The van der Waals surface area contributed by atoms with Crippen LogP contribution in [0.3, 0.4) is 0 Å². The molecule has 2 N–H and O–H groups in total. The summed E-state index contributed by atoms with van der Waals surface area (Å²) < 4.78 is 0. The van der Waals surface area contributed by atoms with E-state index in [1.165, 1.54) is 11.1 Å². The van der Waals surface area contributed by atoms with Crippen LogP contribution < -0.4 is 10.6 Å². The highest BCUT2D eigenvalue weighted by Crippen LogP contribution is 2.14. The highest BCUT2D eigenvalue weighted by Gasteiger charge is 1.97. The van der Waals surface area contributed by atoms with E-state index in [-0.39, 0.29) is 0 Å². The van der Waals surface area contributed by atoms with E-state index in [1.54, 1.807) is 0 Å². The maximum Gasteiger partial charge on any atom is 0.0411 e. The van der Waals surface area contributed by atoms with Gasteiger partial charge in [0.1, 0.15) is 0 Å². The zero-order chi connectivity index (χ0) is 12.7. The van der Waals surface area contributed by atoms with Crippen molar-refractivity contribution in [1.29, 1.82) is 0 Å². The van der Waals surface area contributed by atoms with Gasteiger partial charge in [-0.2, -0.15) is 0 Å². The molecule has 0 spiro atoms. The summed E-state index contributed by atoms with van der Waals surface area (Å²) in [5.41, 5.74) is 2.47. The summed E-state index contributed by atoms with van der Waals surface area (Å²) in [6.45, 7) is 9.40. The number of halogens is 1. The van der Waals surface area contributed by atoms with E-state index in [2.05, 4.69) is 37.5 Å². The first-order valence-corrected chi connectivity index (χ1v) is 6.66. The molecule has 0 saturated heterocycles. The zero-order valence-electron chi connectivity index (χ0n) is 11.0. The first-order valence-electron chi connectivity index (χ1n) is 6.28. The predicted octanol–water partition coefficient (Wildman–Crippen LogP) is 3.13. The van der Waals surface area contributed by atoms with Crippen LogP contribution in [0.2, 0.25) is 5.02 Å². The van der Waals surface area contributed by atoms with Crippen molar-refractivity contribution in [3.8, 4) is 0 Å². The Morgan fingerprint density at radius 1 is 1.18 bits per heavy atom. The average molecular weight is 255 g/mol. The van der Waals surface area contributed by atoms with Crippen molar-refractivity contribution in [2.75, 3.05) is 13.1 Å². The fraction of sp³-hybridized carbons (Fsp3) is 0.571. The van der Waals surface area contributed by atoms with Gasteiger partial charge in [-0.05, 0) is 49.7 Å². The fourth-order valence-corrected chi connectivity index (χ4v) is 2.06. The van der Waals surface area contributed by atoms with E-state index in [1.807, 2.05) is 12.1 Å².